The predicted molar refractivity (Wildman–Crippen MR) is 110 cm³/mol. The Labute approximate surface area is 173 Å². The van der Waals surface area contributed by atoms with Crippen molar-refractivity contribution in [3.63, 3.8) is 0 Å². The Morgan fingerprint density at radius 3 is 2.62 bits per heavy atom. The number of rotatable bonds is 6. The van der Waals surface area contributed by atoms with Crippen molar-refractivity contribution in [2.45, 2.75) is 57.3 Å². The van der Waals surface area contributed by atoms with Crippen molar-refractivity contribution < 1.29 is 22.7 Å². The molecule has 1 aromatic carbocycles. The Hall–Kier alpha value is -1.89. The van der Waals surface area contributed by atoms with E-state index in [4.69, 9.17) is 4.74 Å². The van der Waals surface area contributed by atoms with Crippen LogP contribution < -0.4 is 0 Å². The molecule has 0 spiro atoms. The number of amides is 1. The van der Waals surface area contributed by atoms with Crippen LogP contribution in [0.4, 0.5) is 0 Å². The van der Waals surface area contributed by atoms with Crippen molar-refractivity contribution in [1.82, 2.24) is 4.90 Å². The maximum atomic E-state index is 12.7. The second kappa shape index (κ2) is 8.46. The monoisotopic (exact) mass is 421 g/mol. The molecule has 1 fully saturated rings. The van der Waals surface area contributed by atoms with Gasteiger partial charge in [0.2, 0.25) is 5.91 Å². The van der Waals surface area contributed by atoms with Crippen LogP contribution in [0.3, 0.4) is 0 Å². The normalized spacial score (nSPS) is 19.7. The van der Waals surface area contributed by atoms with E-state index in [-0.39, 0.29) is 30.0 Å². The number of carbonyl (C=O) groups is 2. The van der Waals surface area contributed by atoms with Gasteiger partial charge in [-0.25, -0.2) is 8.42 Å². The molecule has 2 aliphatic rings. The first-order valence-corrected chi connectivity index (χ1v) is 12.0. The van der Waals surface area contributed by atoms with Crippen LogP contribution in [0.2, 0.25) is 0 Å². The van der Waals surface area contributed by atoms with Crippen molar-refractivity contribution in [3.8, 4) is 0 Å². The Balaban J connectivity index is 1.62. The molecule has 0 unspecified atom stereocenters. The number of aryl methyl sites for hydroxylation is 2. The van der Waals surface area contributed by atoms with Gasteiger partial charge >= 0.3 is 5.97 Å². The number of carbonyl (C=O) groups excluding carboxylic acids is 2. The van der Waals surface area contributed by atoms with E-state index in [9.17, 15) is 18.0 Å². The van der Waals surface area contributed by atoms with Crippen LogP contribution in [0.5, 0.6) is 0 Å². The zero-order valence-corrected chi connectivity index (χ0v) is 18.4. The molecule has 1 saturated heterocycles. The van der Waals surface area contributed by atoms with Crippen LogP contribution >= 0.6 is 0 Å². The Kier molecular flexibility index (Phi) is 6.36. The van der Waals surface area contributed by atoms with Crippen LogP contribution in [-0.2, 0) is 37.0 Å². The van der Waals surface area contributed by atoms with E-state index in [0.29, 0.717) is 18.0 Å². The molecule has 0 aromatic heterocycles. The lowest BCUT2D eigenvalue weighted by Gasteiger charge is -2.39. The van der Waals surface area contributed by atoms with Gasteiger partial charge in [-0.05, 0) is 75.1 Å². The highest BCUT2D eigenvalue weighted by Gasteiger charge is 2.40. The summed E-state index contributed by atoms with van der Waals surface area (Å²) in [5, 5.41) is 0. The average molecular weight is 422 g/mol. The number of methoxy groups -OCH3 is 1. The highest BCUT2D eigenvalue weighted by Crippen LogP contribution is 2.35. The molecule has 0 bridgehead atoms. The van der Waals surface area contributed by atoms with E-state index >= 15 is 0 Å². The minimum atomic E-state index is -3.50. The molecule has 0 N–H and O–H groups in total. The number of nitrogens with zero attached hydrogens (tertiary/aromatic N) is 1. The third-order valence-corrected chi connectivity index (χ3v) is 8.23. The van der Waals surface area contributed by atoms with Crippen LogP contribution in [-0.4, -0.2) is 51.1 Å². The van der Waals surface area contributed by atoms with Gasteiger partial charge in [-0.3, -0.25) is 9.59 Å². The summed E-state index contributed by atoms with van der Waals surface area (Å²) < 4.78 is 30.4. The fourth-order valence-corrected chi connectivity index (χ4v) is 5.74. The van der Waals surface area contributed by atoms with Crippen molar-refractivity contribution >= 4 is 21.7 Å². The van der Waals surface area contributed by atoms with Gasteiger partial charge in [-0.2, -0.15) is 0 Å². The van der Waals surface area contributed by atoms with Crippen molar-refractivity contribution in [3.05, 3.63) is 29.3 Å². The van der Waals surface area contributed by atoms with Gasteiger partial charge in [0.05, 0.1) is 23.2 Å². The molecule has 1 aliphatic heterocycles. The summed E-state index contributed by atoms with van der Waals surface area (Å²) in [5.74, 6) is -0.635. The highest BCUT2D eigenvalue weighted by atomic mass is 32.2. The quantitative estimate of drug-likeness (QED) is 0.660. The van der Waals surface area contributed by atoms with Gasteiger partial charge in [0.15, 0.2) is 9.84 Å². The lowest BCUT2D eigenvalue weighted by molar-refractivity contribution is -0.156. The minimum Gasteiger partial charge on any atom is -0.469 e. The van der Waals surface area contributed by atoms with Gasteiger partial charge < -0.3 is 9.64 Å². The molecule has 160 valence electrons. The summed E-state index contributed by atoms with van der Waals surface area (Å²) in [6.45, 7) is 4.75. The average Bonchev–Trinajstić information content (AvgIpc) is 3.19. The van der Waals surface area contributed by atoms with Gasteiger partial charge in [-0.1, -0.05) is 6.07 Å². The number of fused-ring (bicyclic) bond motifs is 1. The molecule has 1 aliphatic carbocycles. The molecule has 3 rings (SSSR count). The molecular weight excluding hydrogens is 390 g/mol. The molecule has 29 heavy (non-hydrogen) atoms. The van der Waals surface area contributed by atoms with Crippen LogP contribution in [0, 0.1) is 11.3 Å². The minimum absolute atomic E-state index is 0.000896. The molecule has 6 nitrogen and oxygen atoms in total. The third-order valence-electron chi connectivity index (χ3n) is 6.52. The highest BCUT2D eigenvalue weighted by molar-refractivity contribution is 7.91. The first-order chi connectivity index (χ1) is 13.6. The smallest absolute Gasteiger partial charge is 0.311 e. The number of hydrogen-bond donors (Lipinski definition) is 0. The molecule has 1 atom stereocenters. The predicted octanol–water partition coefficient (Wildman–Crippen LogP) is 2.78. The van der Waals surface area contributed by atoms with Gasteiger partial charge in [-0.15, -0.1) is 0 Å². The zero-order chi connectivity index (χ0) is 21.2. The number of piperidine rings is 1. The second-order valence-corrected chi connectivity index (χ2v) is 10.9. The van der Waals surface area contributed by atoms with Crippen LogP contribution in [0.1, 0.15) is 50.7 Å². The fraction of sp³-hybridized carbons (Fsp3) is 0.636. The van der Waals surface area contributed by atoms with E-state index in [1.807, 2.05) is 19.9 Å². The third kappa shape index (κ3) is 4.65. The molecule has 1 aromatic rings. The topological polar surface area (TPSA) is 80.8 Å². The van der Waals surface area contributed by atoms with E-state index < -0.39 is 15.3 Å². The Morgan fingerprint density at radius 1 is 1.17 bits per heavy atom. The maximum Gasteiger partial charge on any atom is 0.311 e. The molecule has 0 radical (unpaired) electrons. The number of hydrogen-bond acceptors (Lipinski definition) is 5. The van der Waals surface area contributed by atoms with Gasteiger partial charge in [0, 0.05) is 19.5 Å². The summed E-state index contributed by atoms with van der Waals surface area (Å²) in [4.78, 5) is 26.8. The largest absolute Gasteiger partial charge is 0.469 e. The first kappa shape index (κ1) is 21.8. The summed E-state index contributed by atoms with van der Waals surface area (Å²) >= 11 is 0. The van der Waals surface area contributed by atoms with Crippen LogP contribution in [0.25, 0.3) is 0 Å². The van der Waals surface area contributed by atoms with E-state index in [1.165, 1.54) is 12.7 Å². The summed E-state index contributed by atoms with van der Waals surface area (Å²) in [7, 11) is -2.12. The molecule has 1 heterocycles. The number of likely N-dealkylation sites (tertiary alicyclic amines) is 1. The van der Waals surface area contributed by atoms with E-state index in [2.05, 4.69) is 0 Å². The van der Waals surface area contributed by atoms with Crippen molar-refractivity contribution in [2.24, 2.45) is 11.3 Å². The van der Waals surface area contributed by atoms with E-state index in [1.54, 1.807) is 17.0 Å². The number of sulfone groups is 1. The van der Waals surface area contributed by atoms with Gasteiger partial charge in [0.1, 0.15) is 0 Å². The van der Waals surface area contributed by atoms with Gasteiger partial charge in [0.25, 0.3) is 0 Å². The lowest BCUT2D eigenvalue weighted by Crippen LogP contribution is -2.47. The summed E-state index contributed by atoms with van der Waals surface area (Å²) in [5.41, 5.74) is 1.67. The summed E-state index contributed by atoms with van der Waals surface area (Å²) in [6, 6.07) is 5.35. The molecule has 0 saturated carbocycles. The SMILES string of the molecule is COC(=O)C(C)(C)[C@H]1CCCN(C(=O)CCS(=O)(=O)c2ccc3c(c2)CCC3)C1. The number of esters is 1. The number of benzene rings is 1. The van der Waals surface area contributed by atoms with Crippen LogP contribution in [0.15, 0.2) is 23.1 Å². The fourth-order valence-electron chi connectivity index (χ4n) is 4.46. The molecule has 7 heteroatoms. The van der Waals surface area contributed by atoms with Crippen molar-refractivity contribution in [2.75, 3.05) is 26.0 Å². The lowest BCUT2D eigenvalue weighted by atomic mass is 9.74. The molecule has 1 amide bonds. The van der Waals surface area contributed by atoms with E-state index in [0.717, 1.165) is 37.7 Å². The Bertz CT molecular complexity index is 890. The maximum absolute atomic E-state index is 12.7. The molecular formula is C22H31NO5S. The summed E-state index contributed by atoms with van der Waals surface area (Å²) in [6.07, 6.45) is 4.60. The standard InChI is InChI=1S/C22H31NO5S/c1-22(2,21(25)28-3)18-8-5-12-23(15-18)20(24)11-13-29(26,27)19-10-9-16-6-4-7-17(16)14-19/h9-10,14,18H,4-8,11-13,15H2,1-3H3/t18-/m0/s1. The second-order valence-electron chi connectivity index (χ2n) is 8.75. The zero-order valence-electron chi connectivity index (χ0n) is 17.6. The first-order valence-electron chi connectivity index (χ1n) is 10.4. The number of ether oxygens (including phenoxy) is 1. The van der Waals surface area contributed by atoms with Crippen molar-refractivity contribution in [1.29, 1.82) is 0 Å². The Morgan fingerprint density at radius 2 is 1.90 bits per heavy atom.